The van der Waals surface area contributed by atoms with Crippen LogP contribution in [-0.4, -0.2) is 66.5 Å². The van der Waals surface area contributed by atoms with Gasteiger partial charge in [0.15, 0.2) is 11.5 Å². The summed E-state index contributed by atoms with van der Waals surface area (Å²) in [7, 11) is 0. The Labute approximate surface area is 218 Å². The third-order valence-electron chi connectivity index (χ3n) is 6.80. The number of hydrogen-bond acceptors (Lipinski definition) is 8. The molecular formula is C28H28N2O8. The second-order valence-corrected chi connectivity index (χ2v) is 9.47. The van der Waals surface area contributed by atoms with Crippen LogP contribution in [0.2, 0.25) is 0 Å². The predicted octanol–water partition coefficient (Wildman–Crippen LogP) is 2.39. The quantitative estimate of drug-likeness (QED) is 0.293. The number of rotatable bonds is 4. The van der Waals surface area contributed by atoms with Gasteiger partial charge in [0.2, 0.25) is 12.0 Å². The summed E-state index contributed by atoms with van der Waals surface area (Å²) in [6, 6.07) is 10.6. The maximum absolute atomic E-state index is 13.2. The largest absolute Gasteiger partial charge is 0.485 e. The van der Waals surface area contributed by atoms with Crippen molar-refractivity contribution < 1.29 is 33.0 Å². The van der Waals surface area contributed by atoms with Crippen LogP contribution in [0.3, 0.4) is 0 Å². The van der Waals surface area contributed by atoms with Gasteiger partial charge in [0.05, 0.1) is 17.4 Å². The normalized spacial score (nSPS) is 16.9. The second-order valence-electron chi connectivity index (χ2n) is 9.47. The van der Waals surface area contributed by atoms with Gasteiger partial charge in [-0.05, 0) is 49.2 Å². The number of carbonyl (C=O) groups is 3. The average Bonchev–Trinajstić information content (AvgIpc) is 2.89. The molecule has 1 atom stereocenters. The first kappa shape index (κ1) is 25.3. The van der Waals surface area contributed by atoms with E-state index in [4.69, 9.17) is 18.6 Å². The number of nitrogens with zero attached hydrogens (tertiary/aromatic N) is 2. The molecule has 0 saturated carbocycles. The van der Waals surface area contributed by atoms with Gasteiger partial charge < -0.3 is 28.4 Å². The number of para-hydroxylation sites is 2. The molecule has 1 saturated heterocycles. The lowest BCUT2D eigenvalue weighted by molar-refractivity contribution is -0.146. The van der Waals surface area contributed by atoms with Gasteiger partial charge in [0.25, 0.3) is 5.91 Å². The lowest BCUT2D eigenvalue weighted by atomic mass is 10.0. The Balaban J connectivity index is 1.26. The number of hydrogen-bond donors (Lipinski definition) is 0. The van der Waals surface area contributed by atoms with Gasteiger partial charge in [-0.25, -0.2) is 4.79 Å². The summed E-state index contributed by atoms with van der Waals surface area (Å²) in [6.07, 6.45) is -0.908. The van der Waals surface area contributed by atoms with E-state index in [-0.39, 0.29) is 36.2 Å². The van der Waals surface area contributed by atoms with Crippen LogP contribution in [0.15, 0.2) is 45.6 Å². The van der Waals surface area contributed by atoms with E-state index < -0.39 is 17.7 Å². The molecule has 0 N–H and O–H groups in total. The number of benzene rings is 2. The van der Waals surface area contributed by atoms with Crippen molar-refractivity contribution >= 4 is 28.8 Å². The molecule has 10 heteroatoms. The van der Waals surface area contributed by atoms with Crippen molar-refractivity contribution in [3.8, 4) is 17.2 Å². The highest BCUT2D eigenvalue weighted by Gasteiger charge is 2.33. The SMILES string of the molecule is CC(=O)Oc1cc(C)cc2oc(=O)c(CC(=O)N3CCN(C(=O)C4COc5ccccc5O4)CC3)c(C)c12. The predicted molar refractivity (Wildman–Crippen MR) is 136 cm³/mol. The zero-order chi connectivity index (χ0) is 27.0. The summed E-state index contributed by atoms with van der Waals surface area (Å²) in [5.74, 6) is 0.483. The molecule has 2 aliphatic heterocycles. The number of fused-ring (bicyclic) bond motifs is 2. The molecule has 2 amide bonds. The Hall–Kier alpha value is -4.34. The summed E-state index contributed by atoms with van der Waals surface area (Å²) < 4.78 is 22.4. The second kappa shape index (κ2) is 10.2. The zero-order valence-corrected chi connectivity index (χ0v) is 21.4. The molecule has 5 rings (SSSR count). The van der Waals surface area contributed by atoms with Gasteiger partial charge in [-0.2, -0.15) is 0 Å². The molecule has 0 bridgehead atoms. The summed E-state index contributed by atoms with van der Waals surface area (Å²) in [5, 5.41) is 0.486. The van der Waals surface area contributed by atoms with Crippen LogP contribution in [0.4, 0.5) is 0 Å². The lowest BCUT2D eigenvalue weighted by Crippen LogP contribution is -2.55. The molecule has 2 aliphatic rings. The molecule has 0 aliphatic carbocycles. The van der Waals surface area contributed by atoms with Crippen molar-refractivity contribution in [1.82, 2.24) is 9.80 Å². The lowest BCUT2D eigenvalue weighted by Gasteiger charge is -2.37. The average molecular weight is 521 g/mol. The van der Waals surface area contributed by atoms with Crippen molar-refractivity contribution in [3.63, 3.8) is 0 Å². The molecule has 3 heterocycles. The first-order valence-electron chi connectivity index (χ1n) is 12.4. The number of ether oxygens (including phenoxy) is 3. The first-order chi connectivity index (χ1) is 18.2. The van der Waals surface area contributed by atoms with Crippen LogP contribution < -0.4 is 19.8 Å². The fraction of sp³-hybridized carbons (Fsp3) is 0.357. The van der Waals surface area contributed by atoms with E-state index in [1.54, 1.807) is 47.9 Å². The van der Waals surface area contributed by atoms with Crippen LogP contribution in [0.1, 0.15) is 23.6 Å². The van der Waals surface area contributed by atoms with Crippen molar-refractivity contribution in [3.05, 3.63) is 63.5 Å². The zero-order valence-electron chi connectivity index (χ0n) is 21.4. The monoisotopic (exact) mass is 520 g/mol. The Kier molecular flexibility index (Phi) is 6.79. The van der Waals surface area contributed by atoms with E-state index in [2.05, 4.69) is 0 Å². The summed E-state index contributed by atoms with van der Waals surface area (Å²) in [4.78, 5) is 53.9. The minimum absolute atomic E-state index is 0.126. The van der Waals surface area contributed by atoms with Crippen LogP contribution >= 0.6 is 0 Å². The molecule has 1 unspecified atom stereocenters. The number of amides is 2. The molecule has 38 heavy (non-hydrogen) atoms. The van der Waals surface area contributed by atoms with Crippen molar-refractivity contribution in [1.29, 1.82) is 0 Å². The number of esters is 1. The fourth-order valence-electron chi connectivity index (χ4n) is 4.86. The highest BCUT2D eigenvalue weighted by molar-refractivity contribution is 5.91. The highest BCUT2D eigenvalue weighted by atomic mass is 16.6. The van der Waals surface area contributed by atoms with E-state index in [0.717, 1.165) is 5.56 Å². The van der Waals surface area contributed by atoms with Gasteiger partial charge in [-0.15, -0.1) is 0 Å². The van der Waals surface area contributed by atoms with Crippen LogP contribution in [-0.2, 0) is 20.8 Å². The topological polar surface area (TPSA) is 116 Å². The van der Waals surface area contributed by atoms with Crippen LogP contribution in [0.5, 0.6) is 17.2 Å². The van der Waals surface area contributed by atoms with Gasteiger partial charge in [0, 0.05) is 33.1 Å². The van der Waals surface area contributed by atoms with Crippen LogP contribution in [0, 0.1) is 13.8 Å². The Morgan fingerprint density at radius 3 is 2.39 bits per heavy atom. The summed E-state index contributed by atoms with van der Waals surface area (Å²) in [6.45, 7) is 6.27. The van der Waals surface area contributed by atoms with E-state index in [1.165, 1.54) is 6.92 Å². The van der Waals surface area contributed by atoms with Crippen molar-refractivity contribution in [2.75, 3.05) is 32.8 Å². The fourth-order valence-corrected chi connectivity index (χ4v) is 4.86. The number of carbonyl (C=O) groups excluding carboxylic acids is 3. The Bertz CT molecular complexity index is 1490. The molecule has 0 radical (unpaired) electrons. The smallest absolute Gasteiger partial charge is 0.340 e. The minimum atomic E-state index is -0.743. The first-order valence-corrected chi connectivity index (χ1v) is 12.4. The third-order valence-corrected chi connectivity index (χ3v) is 6.80. The molecule has 1 aromatic heterocycles. The van der Waals surface area contributed by atoms with Crippen LogP contribution in [0.25, 0.3) is 11.0 Å². The van der Waals surface area contributed by atoms with Gasteiger partial charge in [0.1, 0.15) is 17.9 Å². The number of aryl methyl sites for hydroxylation is 2. The molecule has 0 spiro atoms. The van der Waals surface area contributed by atoms with E-state index in [0.29, 0.717) is 54.2 Å². The van der Waals surface area contributed by atoms with Gasteiger partial charge >= 0.3 is 11.6 Å². The van der Waals surface area contributed by atoms with Gasteiger partial charge in [-0.1, -0.05) is 12.1 Å². The van der Waals surface area contributed by atoms with Gasteiger partial charge in [-0.3, -0.25) is 14.4 Å². The molecule has 10 nitrogen and oxygen atoms in total. The maximum atomic E-state index is 13.2. The molecular weight excluding hydrogens is 492 g/mol. The third kappa shape index (κ3) is 4.93. The number of piperazine rings is 1. The molecule has 1 fully saturated rings. The summed E-state index contributed by atoms with van der Waals surface area (Å²) in [5.41, 5.74) is 1.20. The minimum Gasteiger partial charge on any atom is -0.485 e. The molecule has 2 aromatic carbocycles. The highest BCUT2D eigenvalue weighted by Crippen LogP contribution is 2.32. The maximum Gasteiger partial charge on any atom is 0.340 e. The molecule has 3 aromatic rings. The van der Waals surface area contributed by atoms with Crippen molar-refractivity contribution in [2.45, 2.75) is 33.3 Å². The standard InChI is InChI=1S/C28H28N2O8/c1-16-12-22(36-18(3)31)26-17(2)19(28(34)38-23(26)13-16)14-25(32)29-8-10-30(11-9-29)27(33)24-15-35-20-6-4-5-7-21(20)37-24/h4-7,12-13,24H,8-11,14-15H2,1-3H3. The summed E-state index contributed by atoms with van der Waals surface area (Å²) >= 11 is 0. The Morgan fingerprint density at radius 1 is 1.00 bits per heavy atom. The van der Waals surface area contributed by atoms with E-state index in [1.807, 2.05) is 12.1 Å². The van der Waals surface area contributed by atoms with E-state index in [9.17, 15) is 19.2 Å². The van der Waals surface area contributed by atoms with Crippen molar-refractivity contribution in [2.24, 2.45) is 0 Å². The Morgan fingerprint density at radius 2 is 1.68 bits per heavy atom. The molecule has 198 valence electrons. The van der Waals surface area contributed by atoms with E-state index >= 15 is 0 Å².